The number of hydrogen-bond acceptors (Lipinski definition) is 7. The van der Waals surface area contributed by atoms with Gasteiger partial charge in [-0.3, -0.25) is 19.4 Å². The van der Waals surface area contributed by atoms with E-state index in [9.17, 15) is 14.4 Å². The number of hydrogen-bond donors (Lipinski definition) is 4. The molecule has 4 N–H and O–H groups in total. The molecule has 5 rings (SSSR count). The van der Waals surface area contributed by atoms with Gasteiger partial charge in [-0.25, -0.2) is 9.78 Å². The maximum absolute atomic E-state index is 12.7. The Labute approximate surface area is 223 Å². The van der Waals surface area contributed by atoms with Crippen LogP contribution in [0.25, 0.3) is 10.9 Å². The molecule has 1 aliphatic heterocycles. The van der Waals surface area contributed by atoms with Gasteiger partial charge in [-0.2, -0.15) is 4.98 Å². The Morgan fingerprint density at radius 3 is 2.50 bits per heavy atom. The van der Waals surface area contributed by atoms with Crippen LogP contribution >= 0.6 is 11.6 Å². The number of rotatable bonds is 6. The molecule has 3 heterocycles. The minimum absolute atomic E-state index is 0.0182. The number of fused-ring (bicyclic) bond motifs is 1. The lowest BCUT2D eigenvalue weighted by molar-refractivity contribution is 0.101. The molecule has 0 bridgehead atoms. The second-order valence-corrected chi connectivity index (χ2v) is 9.63. The SMILES string of the molecule is CC(=O)c1ccc(NC(=O)N2CCC(Nc3nc(Nc4ccc5c(=O)n(C)[nH]c5c4)ncc3Cl)CC2)cc1. The summed E-state index contributed by atoms with van der Waals surface area (Å²) in [4.78, 5) is 46.7. The molecule has 0 unspecified atom stereocenters. The second kappa shape index (κ2) is 10.5. The molecule has 1 aliphatic rings. The average molecular weight is 535 g/mol. The van der Waals surface area contributed by atoms with Crippen LogP contribution in [0.15, 0.2) is 53.5 Å². The van der Waals surface area contributed by atoms with Crippen LogP contribution < -0.4 is 21.5 Å². The van der Waals surface area contributed by atoms with Gasteiger partial charge >= 0.3 is 6.03 Å². The molecule has 2 aromatic carbocycles. The van der Waals surface area contributed by atoms with E-state index in [-0.39, 0.29) is 23.4 Å². The molecule has 0 atom stereocenters. The van der Waals surface area contributed by atoms with Crippen molar-refractivity contribution < 1.29 is 9.59 Å². The number of nitrogens with zero attached hydrogens (tertiary/aromatic N) is 4. The highest BCUT2D eigenvalue weighted by atomic mass is 35.5. The van der Waals surface area contributed by atoms with E-state index in [2.05, 4.69) is 31.0 Å². The summed E-state index contributed by atoms with van der Waals surface area (Å²) in [5.41, 5.74) is 2.59. The predicted octanol–water partition coefficient (Wildman–Crippen LogP) is 4.36. The number of anilines is 4. The number of Topliss-reactive ketones (excluding diaryl/α,β-unsaturated/α-hetero) is 1. The van der Waals surface area contributed by atoms with Gasteiger partial charge in [0.2, 0.25) is 5.95 Å². The summed E-state index contributed by atoms with van der Waals surface area (Å²) in [7, 11) is 1.67. The van der Waals surface area contributed by atoms with Crippen molar-refractivity contribution in [2.24, 2.45) is 7.05 Å². The number of nitrogens with one attached hydrogen (secondary N) is 4. The van der Waals surface area contributed by atoms with Gasteiger partial charge in [-0.15, -0.1) is 0 Å². The molecule has 2 aromatic heterocycles. The lowest BCUT2D eigenvalue weighted by atomic mass is 10.1. The molecule has 4 aromatic rings. The first-order chi connectivity index (χ1) is 18.3. The van der Waals surface area contributed by atoms with E-state index < -0.39 is 0 Å². The number of carbonyl (C=O) groups excluding carboxylic acids is 2. The highest BCUT2D eigenvalue weighted by Crippen LogP contribution is 2.25. The van der Waals surface area contributed by atoms with Crippen molar-refractivity contribution in [2.45, 2.75) is 25.8 Å². The molecule has 0 saturated carbocycles. The minimum atomic E-state index is -0.178. The number of urea groups is 1. The molecule has 2 amide bonds. The van der Waals surface area contributed by atoms with E-state index in [1.54, 1.807) is 48.3 Å². The summed E-state index contributed by atoms with van der Waals surface area (Å²) in [6.45, 7) is 2.64. The Balaban J connectivity index is 1.18. The molecule has 0 radical (unpaired) electrons. The molecule has 11 nitrogen and oxygen atoms in total. The first kappa shape index (κ1) is 25.3. The van der Waals surface area contributed by atoms with Gasteiger partial charge < -0.3 is 20.9 Å². The maximum Gasteiger partial charge on any atom is 0.321 e. The van der Waals surface area contributed by atoms with Crippen molar-refractivity contribution in [1.82, 2.24) is 24.6 Å². The zero-order valence-corrected chi connectivity index (χ0v) is 21.7. The van der Waals surface area contributed by atoms with Crippen molar-refractivity contribution in [3.8, 4) is 0 Å². The zero-order chi connectivity index (χ0) is 26.8. The monoisotopic (exact) mass is 534 g/mol. The van der Waals surface area contributed by atoms with Gasteiger partial charge in [0, 0.05) is 43.1 Å². The van der Waals surface area contributed by atoms with Crippen LogP contribution in [-0.4, -0.2) is 55.6 Å². The summed E-state index contributed by atoms with van der Waals surface area (Å²) in [5.74, 6) is 0.851. The number of carbonyl (C=O) groups is 2. The van der Waals surface area contributed by atoms with E-state index >= 15 is 0 Å². The van der Waals surface area contributed by atoms with Gasteiger partial charge in [0.05, 0.1) is 17.1 Å². The highest BCUT2D eigenvalue weighted by Gasteiger charge is 2.24. The zero-order valence-electron chi connectivity index (χ0n) is 20.9. The third-order valence-corrected chi connectivity index (χ3v) is 6.79. The third-order valence-electron chi connectivity index (χ3n) is 6.51. The number of aromatic amines is 1. The Morgan fingerprint density at radius 2 is 1.79 bits per heavy atom. The number of aryl methyl sites for hydroxylation is 1. The Hall–Kier alpha value is -4.38. The van der Waals surface area contributed by atoms with Crippen LogP contribution in [0, 0.1) is 0 Å². The summed E-state index contributed by atoms with van der Waals surface area (Å²) in [6, 6.07) is 12.1. The summed E-state index contributed by atoms with van der Waals surface area (Å²) in [6.07, 6.45) is 2.97. The van der Waals surface area contributed by atoms with Crippen LogP contribution in [-0.2, 0) is 7.05 Å². The number of halogens is 1. The Bertz CT molecular complexity index is 1560. The van der Waals surface area contributed by atoms with Crippen molar-refractivity contribution in [3.05, 3.63) is 69.6 Å². The fourth-order valence-corrected chi connectivity index (χ4v) is 4.53. The molecule has 0 spiro atoms. The quantitative estimate of drug-likeness (QED) is 0.270. The Morgan fingerprint density at radius 1 is 1.08 bits per heavy atom. The predicted molar refractivity (Wildman–Crippen MR) is 148 cm³/mol. The third kappa shape index (κ3) is 5.47. The van der Waals surface area contributed by atoms with Crippen molar-refractivity contribution in [3.63, 3.8) is 0 Å². The number of ketones is 1. The molecule has 12 heteroatoms. The van der Waals surface area contributed by atoms with Gasteiger partial charge in [0.25, 0.3) is 5.56 Å². The van der Waals surface area contributed by atoms with Crippen LogP contribution in [0.1, 0.15) is 30.1 Å². The number of H-pyrrole nitrogens is 1. The molecule has 196 valence electrons. The van der Waals surface area contributed by atoms with Gasteiger partial charge in [0.1, 0.15) is 5.02 Å². The molecule has 0 aliphatic carbocycles. The van der Waals surface area contributed by atoms with Crippen molar-refractivity contribution in [2.75, 3.05) is 29.0 Å². The minimum Gasteiger partial charge on any atom is -0.366 e. The smallest absolute Gasteiger partial charge is 0.321 e. The van der Waals surface area contributed by atoms with E-state index in [4.69, 9.17) is 11.6 Å². The number of aromatic nitrogens is 4. The molecule has 1 fully saturated rings. The number of amides is 2. The van der Waals surface area contributed by atoms with E-state index in [1.807, 2.05) is 6.07 Å². The number of likely N-dealkylation sites (tertiary alicyclic amines) is 1. The van der Waals surface area contributed by atoms with Crippen LogP contribution in [0.3, 0.4) is 0 Å². The highest BCUT2D eigenvalue weighted by molar-refractivity contribution is 6.32. The number of piperidine rings is 1. The van der Waals surface area contributed by atoms with E-state index in [0.717, 1.165) is 18.5 Å². The fraction of sp³-hybridized carbons (Fsp3) is 0.269. The van der Waals surface area contributed by atoms with Crippen molar-refractivity contribution >= 4 is 57.5 Å². The summed E-state index contributed by atoms with van der Waals surface area (Å²) < 4.78 is 1.43. The lowest BCUT2D eigenvalue weighted by Gasteiger charge is -2.32. The Kier molecular flexibility index (Phi) is 7.01. The topological polar surface area (TPSA) is 137 Å². The van der Waals surface area contributed by atoms with Gasteiger partial charge in [-0.05, 0) is 62.2 Å². The van der Waals surface area contributed by atoms with Crippen molar-refractivity contribution in [1.29, 1.82) is 0 Å². The largest absolute Gasteiger partial charge is 0.366 e. The average Bonchev–Trinajstić information content (AvgIpc) is 3.19. The lowest BCUT2D eigenvalue weighted by Crippen LogP contribution is -2.44. The van der Waals surface area contributed by atoms with E-state index in [1.165, 1.54) is 17.8 Å². The van der Waals surface area contributed by atoms with Gasteiger partial charge in [-0.1, -0.05) is 11.6 Å². The van der Waals surface area contributed by atoms with Crippen LogP contribution in [0.2, 0.25) is 5.02 Å². The molecular formula is C26H27ClN8O3. The molecule has 1 saturated heterocycles. The first-order valence-corrected chi connectivity index (χ1v) is 12.6. The standard InChI is InChI=1S/C26H27ClN8O3/c1-15(36)16-3-5-17(6-4-16)31-26(38)35-11-9-18(10-12-35)29-23-21(27)14-28-25(32-23)30-19-7-8-20-22(13-19)33-34(2)24(20)37/h3-8,13-14,18,33H,9-12H2,1-2H3,(H,31,38)(H2,28,29,30,32). The second-order valence-electron chi connectivity index (χ2n) is 9.22. The summed E-state index contributed by atoms with van der Waals surface area (Å²) >= 11 is 6.36. The van der Waals surface area contributed by atoms with Gasteiger partial charge in [0.15, 0.2) is 11.6 Å². The summed E-state index contributed by atoms with van der Waals surface area (Å²) in [5, 5.41) is 13.4. The fourth-order valence-electron chi connectivity index (χ4n) is 4.38. The van der Waals surface area contributed by atoms with E-state index in [0.29, 0.717) is 52.0 Å². The normalized spacial score (nSPS) is 13.9. The maximum atomic E-state index is 12.7. The molecule has 38 heavy (non-hydrogen) atoms. The molecular weight excluding hydrogens is 508 g/mol. The first-order valence-electron chi connectivity index (χ1n) is 12.2. The van der Waals surface area contributed by atoms with Crippen LogP contribution in [0.4, 0.5) is 27.9 Å². The number of benzene rings is 2. The van der Waals surface area contributed by atoms with Crippen LogP contribution in [0.5, 0.6) is 0 Å².